The van der Waals surface area contributed by atoms with Crippen molar-refractivity contribution in [3.05, 3.63) is 47.5 Å². The van der Waals surface area contributed by atoms with E-state index in [9.17, 15) is 8.78 Å². The Balaban J connectivity index is 1.31. The van der Waals surface area contributed by atoms with E-state index in [1.807, 2.05) is 6.08 Å². The second kappa shape index (κ2) is 11.1. The SMILES string of the molecule is Cc1ccc([C@H]2CC[C@H]([C@H]3CC[C@H](CCCC=CCC(F)F)CC3)CC2)cc1. The van der Waals surface area contributed by atoms with E-state index in [1.54, 1.807) is 11.6 Å². The van der Waals surface area contributed by atoms with Crippen LogP contribution in [0.15, 0.2) is 36.4 Å². The third kappa shape index (κ3) is 6.71. The molecule has 2 saturated carbocycles. The number of rotatable bonds is 8. The summed E-state index contributed by atoms with van der Waals surface area (Å²) in [5.74, 6) is 3.58. The van der Waals surface area contributed by atoms with Gasteiger partial charge in [-0.1, -0.05) is 61.2 Å². The molecule has 2 aliphatic rings. The zero-order chi connectivity index (χ0) is 19.8. The first kappa shape index (κ1) is 21.5. The van der Waals surface area contributed by atoms with Crippen LogP contribution in [-0.4, -0.2) is 6.43 Å². The molecule has 0 heterocycles. The molecule has 0 amide bonds. The Labute approximate surface area is 170 Å². The van der Waals surface area contributed by atoms with Crippen LogP contribution in [0.1, 0.15) is 94.1 Å². The maximum absolute atomic E-state index is 12.1. The van der Waals surface area contributed by atoms with E-state index < -0.39 is 6.43 Å². The van der Waals surface area contributed by atoms with Gasteiger partial charge in [-0.2, -0.15) is 0 Å². The molecule has 0 aromatic heterocycles. The maximum Gasteiger partial charge on any atom is 0.242 e. The van der Waals surface area contributed by atoms with Gasteiger partial charge in [-0.3, -0.25) is 0 Å². The number of aryl methyl sites for hydroxylation is 1. The smallest absolute Gasteiger partial charge is 0.210 e. The van der Waals surface area contributed by atoms with Gasteiger partial charge in [0.25, 0.3) is 0 Å². The van der Waals surface area contributed by atoms with Crippen LogP contribution in [0.4, 0.5) is 8.78 Å². The number of benzene rings is 1. The lowest BCUT2D eigenvalue weighted by Gasteiger charge is -2.38. The van der Waals surface area contributed by atoms with Gasteiger partial charge >= 0.3 is 0 Å². The number of unbranched alkanes of at least 4 members (excludes halogenated alkanes) is 1. The second-order valence-corrected chi connectivity index (χ2v) is 9.33. The average Bonchev–Trinajstić information content (AvgIpc) is 2.72. The highest BCUT2D eigenvalue weighted by Gasteiger charge is 2.31. The lowest BCUT2D eigenvalue weighted by Crippen LogP contribution is -2.25. The molecule has 0 radical (unpaired) electrons. The Kier molecular flexibility index (Phi) is 8.55. The number of halogens is 2. The molecule has 0 aliphatic heterocycles. The van der Waals surface area contributed by atoms with E-state index in [1.165, 1.54) is 63.4 Å². The highest BCUT2D eigenvalue weighted by Crippen LogP contribution is 2.44. The zero-order valence-electron chi connectivity index (χ0n) is 17.6. The van der Waals surface area contributed by atoms with Gasteiger partial charge in [0.05, 0.1) is 0 Å². The van der Waals surface area contributed by atoms with Crippen LogP contribution < -0.4 is 0 Å². The Bertz CT molecular complexity index is 573. The van der Waals surface area contributed by atoms with Crippen molar-refractivity contribution in [3.63, 3.8) is 0 Å². The number of hydrogen-bond acceptors (Lipinski definition) is 0. The van der Waals surface area contributed by atoms with Crippen molar-refractivity contribution in [2.24, 2.45) is 17.8 Å². The lowest BCUT2D eigenvalue weighted by atomic mass is 9.68. The van der Waals surface area contributed by atoms with Gasteiger partial charge in [-0.15, -0.1) is 0 Å². The fourth-order valence-corrected chi connectivity index (χ4v) is 5.55. The molecule has 1 aromatic carbocycles. The first-order chi connectivity index (χ1) is 13.6. The Morgan fingerprint density at radius 3 is 2.07 bits per heavy atom. The van der Waals surface area contributed by atoms with E-state index in [2.05, 4.69) is 31.2 Å². The molecular weight excluding hydrogens is 350 g/mol. The Hall–Kier alpha value is -1.18. The van der Waals surface area contributed by atoms with Crippen molar-refractivity contribution in [1.29, 1.82) is 0 Å². The summed E-state index contributed by atoms with van der Waals surface area (Å²) in [4.78, 5) is 0. The molecule has 0 N–H and O–H groups in total. The van der Waals surface area contributed by atoms with Crippen LogP contribution in [0.5, 0.6) is 0 Å². The summed E-state index contributed by atoms with van der Waals surface area (Å²) in [5.41, 5.74) is 2.91. The molecule has 0 nitrogen and oxygen atoms in total. The third-order valence-electron chi connectivity index (χ3n) is 7.34. The number of hydrogen-bond donors (Lipinski definition) is 0. The van der Waals surface area contributed by atoms with E-state index in [-0.39, 0.29) is 6.42 Å². The van der Waals surface area contributed by atoms with Crippen molar-refractivity contribution < 1.29 is 8.78 Å². The standard InChI is InChI=1S/C26H38F2/c1-20-8-12-22(13-9-20)24-16-18-25(19-17-24)23-14-10-21(11-15-23)6-4-2-3-5-7-26(27)28/h3,5,8-9,12-13,21,23-26H,2,4,6-7,10-11,14-19H2,1H3/t21-,23-,24-,25-. The number of allylic oxidation sites excluding steroid dienone is 2. The molecular formula is C26H38F2. The van der Waals surface area contributed by atoms with Crippen molar-refractivity contribution in [3.8, 4) is 0 Å². The maximum atomic E-state index is 12.1. The molecule has 0 unspecified atom stereocenters. The Morgan fingerprint density at radius 1 is 0.857 bits per heavy atom. The third-order valence-corrected chi connectivity index (χ3v) is 7.34. The van der Waals surface area contributed by atoms with E-state index >= 15 is 0 Å². The minimum absolute atomic E-state index is 0.0860. The Morgan fingerprint density at radius 2 is 1.46 bits per heavy atom. The first-order valence-corrected chi connectivity index (χ1v) is 11.6. The fourth-order valence-electron chi connectivity index (χ4n) is 5.55. The van der Waals surface area contributed by atoms with Gasteiger partial charge in [0, 0.05) is 6.42 Å². The molecule has 0 spiro atoms. The van der Waals surface area contributed by atoms with Crippen LogP contribution in [0.2, 0.25) is 0 Å². The highest BCUT2D eigenvalue weighted by molar-refractivity contribution is 5.24. The molecule has 0 atom stereocenters. The monoisotopic (exact) mass is 388 g/mol. The summed E-state index contributed by atoms with van der Waals surface area (Å²) in [7, 11) is 0. The largest absolute Gasteiger partial charge is 0.242 e. The highest BCUT2D eigenvalue weighted by atomic mass is 19.3. The zero-order valence-corrected chi connectivity index (χ0v) is 17.6. The molecule has 2 heteroatoms. The van der Waals surface area contributed by atoms with Crippen molar-refractivity contribution >= 4 is 0 Å². The van der Waals surface area contributed by atoms with Crippen LogP contribution in [0, 0.1) is 24.7 Å². The van der Waals surface area contributed by atoms with Gasteiger partial charge in [-0.25, -0.2) is 8.78 Å². The lowest BCUT2D eigenvalue weighted by molar-refractivity contribution is 0.152. The predicted octanol–water partition coefficient (Wildman–Crippen LogP) is 8.46. The van der Waals surface area contributed by atoms with Gasteiger partial charge in [0.15, 0.2) is 0 Å². The van der Waals surface area contributed by atoms with Crippen molar-refractivity contribution in [2.75, 3.05) is 0 Å². The summed E-state index contributed by atoms with van der Waals surface area (Å²) in [5, 5.41) is 0. The molecule has 0 saturated heterocycles. The molecule has 28 heavy (non-hydrogen) atoms. The topological polar surface area (TPSA) is 0 Å². The quantitative estimate of drug-likeness (QED) is 0.309. The van der Waals surface area contributed by atoms with E-state index in [4.69, 9.17) is 0 Å². The average molecular weight is 389 g/mol. The molecule has 156 valence electrons. The minimum Gasteiger partial charge on any atom is -0.210 e. The van der Waals surface area contributed by atoms with Gasteiger partial charge in [0.2, 0.25) is 6.43 Å². The molecule has 3 rings (SSSR count). The molecule has 1 aromatic rings. The first-order valence-electron chi connectivity index (χ1n) is 11.6. The second-order valence-electron chi connectivity index (χ2n) is 9.33. The van der Waals surface area contributed by atoms with Gasteiger partial charge in [0.1, 0.15) is 0 Å². The summed E-state index contributed by atoms with van der Waals surface area (Å²) < 4.78 is 24.2. The van der Waals surface area contributed by atoms with Crippen LogP contribution in [0.25, 0.3) is 0 Å². The van der Waals surface area contributed by atoms with E-state index in [0.29, 0.717) is 0 Å². The summed E-state index contributed by atoms with van der Waals surface area (Å²) >= 11 is 0. The van der Waals surface area contributed by atoms with Crippen molar-refractivity contribution in [2.45, 2.75) is 96.3 Å². The summed E-state index contributed by atoms with van der Waals surface area (Å²) in [6, 6.07) is 9.21. The molecule has 2 fully saturated rings. The predicted molar refractivity (Wildman–Crippen MR) is 115 cm³/mol. The fraction of sp³-hybridized carbons (Fsp3) is 0.692. The van der Waals surface area contributed by atoms with Crippen LogP contribution in [0.3, 0.4) is 0 Å². The minimum atomic E-state index is -2.20. The number of alkyl halides is 2. The van der Waals surface area contributed by atoms with Crippen LogP contribution >= 0.6 is 0 Å². The van der Waals surface area contributed by atoms with Crippen LogP contribution in [-0.2, 0) is 0 Å². The summed E-state index contributed by atoms with van der Waals surface area (Å²) in [6.07, 6.45) is 15.9. The van der Waals surface area contributed by atoms with Crippen molar-refractivity contribution in [1.82, 2.24) is 0 Å². The summed E-state index contributed by atoms with van der Waals surface area (Å²) in [6.45, 7) is 2.17. The van der Waals surface area contributed by atoms with Gasteiger partial charge < -0.3 is 0 Å². The van der Waals surface area contributed by atoms with E-state index in [0.717, 1.165) is 36.5 Å². The van der Waals surface area contributed by atoms with Gasteiger partial charge in [-0.05, 0) is 87.5 Å². The molecule has 2 aliphatic carbocycles. The normalized spacial score (nSPS) is 28.9. The molecule has 0 bridgehead atoms.